The van der Waals surface area contributed by atoms with Gasteiger partial charge in [-0.2, -0.15) is 5.26 Å². The zero-order valence-corrected chi connectivity index (χ0v) is 17.3. The molecule has 1 aliphatic heterocycles. The van der Waals surface area contributed by atoms with Gasteiger partial charge in [-0.3, -0.25) is 19.8 Å². The lowest BCUT2D eigenvalue weighted by Crippen LogP contribution is -2.58. The van der Waals surface area contributed by atoms with Crippen LogP contribution in [-0.2, 0) is 11.3 Å². The molecule has 1 fully saturated rings. The standard InChI is InChI=1S/C22H23FN4O4/c1-15-12-26(16(2)11-25(15)13-17-3-6-19(23)7-4-17)22(28)14-31-21-8-5-18(10-24)9-20(21)27(29)30/h3-9,15-16H,11-14H2,1-2H3. The summed E-state index contributed by atoms with van der Waals surface area (Å²) in [5, 5.41) is 20.1. The van der Waals surface area contributed by atoms with Crippen LogP contribution >= 0.6 is 0 Å². The van der Waals surface area contributed by atoms with E-state index in [0.29, 0.717) is 19.6 Å². The number of amides is 1. The molecule has 0 bridgehead atoms. The summed E-state index contributed by atoms with van der Waals surface area (Å²) in [4.78, 5) is 27.3. The molecule has 1 saturated heterocycles. The molecule has 8 nitrogen and oxygen atoms in total. The second kappa shape index (κ2) is 9.53. The predicted octanol–water partition coefficient (Wildman–Crippen LogP) is 3.11. The van der Waals surface area contributed by atoms with Crippen LogP contribution in [0.3, 0.4) is 0 Å². The number of nitrogens with zero attached hydrogens (tertiary/aromatic N) is 4. The molecule has 0 N–H and O–H groups in total. The fraction of sp³-hybridized carbons (Fsp3) is 0.364. The van der Waals surface area contributed by atoms with E-state index < -0.39 is 4.92 Å². The van der Waals surface area contributed by atoms with Crippen molar-refractivity contribution in [1.82, 2.24) is 9.80 Å². The number of nitro benzene ring substituents is 1. The van der Waals surface area contributed by atoms with Gasteiger partial charge < -0.3 is 9.64 Å². The molecule has 1 heterocycles. The highest BCUT2D eigenvalue weighted by molar-refractivity contribution is 5.78. The van der Waals surface area contributed by atoms with Crippen molar-refractivity contribution in [3.05, 3.63) is 69.5 Å². The molecule has 162 valence electrons. The number of hydrogen-bond acceptors (Lipinski definition) is 6. The highest BCUT2D eigenvalue weighted by Crippen LogP contribution is 2.28. The number of ether oxygens (including phenoxy) is 1. The van der Waals surface area contributed by atoms with Gasteiger partial charge in [-0.1, -0.05) is 12.1 Å². The maximum Gasteiger partial charge on any atom is 0.312 e. The van der Waals surface area contributed by atoms with Crippen LogP contribution < -0.4 is 4.74 Å². The Kier molecular flexibility index (Phi) is 6.82. The number of rotatable bonds is 6. The zero-order valence-electron chi connectivity index (χ0n) is 17.3. The number of piperazine rings is 1. The van der Waals surface area contributed by atoms with Crippen molar-refractivity contribution < 1.29 is 18.8 Å². The number of benzene rings is 2. The molecule has 9 heteroatoms. The Balaban J connectivity index is 1.61. The average molecular weight is 426 g/mol. The molecule has 1 amide bonds. The van der Waals surface area contributed by atoms with E-state index in [1.54, 1.807) is 17.0 Å². The molecule has 2 aromatic rings. The fourth-order valence-electron chi connectivity index (χ4n) is 3.66. The van der Waals surface area contributed by atoms with Crippen LogP contribution in [0.15, 0.2) is 42.5 Å². The third-order valence-electron chi connectivity index (χ3n) is 5.37. The summed E-state index contributed by atoms with van der Waals surface area (Å²) in [6, 6.07) is 12.1. The molecular weight excluding hydrogens is 403 g/mol. The van der Waals surface area contributed by atoms with Crippen LogP contribution in [0, 0.1) is 27.3 Å². The second-order valence-electron chi connectivity index (χ2n) is 7.64. The van der Waals surface area contributed by atoms with Gasteiger partial charge in [0.2, 0.25) is 0 Å². The van der Waals surface area contributed by atoms with Crippen LogP contribution in [-0.4, -0.2) is 52.4 Å². The Bertz CT molecular complexity index is 1010. The number of nitriles is 1. The van der Waals surface area contributed by atoms with Crippen molar-refractivity contribution in [2.75, 3.05) is 19.7 Å². The van der Waals surface area contributed by atoms with Crippen LogP contribution in [0.4, 0.5) is 10.1 Å². The first-order valence-electron chi connectivity index (χ1n) is 9.87. The zero-order chi connectivity index (χ0) is 22.5. The smallest absolute Gasteiger partial charge is 0.312 e. The quantitative estimate of drug-likeness (QED) is 0.520. The molecular formula is C22H23FN4O4. The lowest BCUT2D eigenvalue weighted by atomic mass is 10.1. The first-order chi connectivity index (χ1) is 14.8. The van der Waals surface area contributed by atoms with Gasteiger partial charge in [-0.05, 0) is 43.7 Å². The molecule has 0 aromatic heterocycles. The van der Waals surface area contributed by atoms with Crippen LogP contribution in [0.1, 0.15) is 25.0 Å². The largest absolute Gasteiger partial charge is 0.477 e. The lowest BCUT2D eigenvalue weighted by molar-refractivity contribution is -0.385. The molecule has 0 radical (unpaired) electrons. The number of carbonyl (C=O) groups excluding carboxylic acids is 1. The minimum Gasteiger partial charge on any atom is -0.477 e. The highest BCUT2D eigenvalue weighted by atomic mass is 19.1. The van der Waals surface area contributed by atoms with Crippen molar-refractivity contribution in [2.24, 2.45) is 0 Å². The van der Waals surface area contributed by atoms with E-state index in [1.807, 2.05) is 19.9 Å². The number of nitro groups is 1. The van der Waals surface area contributed by atoms with Crippen LogP contribution in [0.5, 0.6) is 5.75 Å². The summed E-state index contributed by atoms with van der Waals surface area (Å²) in [6.45, 7) is 5.40. The van der Waals surface area contributed by atoms with E-state index in [-0.39, 0.29) is 47.4 Å². The van der Waals surface area contributed by atoms with E-state index in [0.717, 1.165) is 11.6 Å². The van der Waals surface area contributed by atoms with Gasteiger partial charge in [0, 0.05) is 37.8 Å². The molecule has 2 atom stereocenters. The lowest BCUT2D eigenvalue weighted by Gasteiger charge is -2.44. The average Bonchev–Trinajstić information content (AvgIpc) is 2.75. The van der Waals surface area contributed by atoms with Crippen molar-refractivity contribution >= 4 is 11.6 Å². The molecule has 3 rings (SSSR count). The predicted molar refractivity (Wildman–Crippen MR) is 111 cm³/mol. The summed E-state index contributed by atoms with van der Waals surface area (Å²) >= 11 is 0. The van der Waals surface area contributed by atoms with Gasteiger partial charge in [-0.25, -0.2) is 4.39 Å². The fourth-order valence-corrected chi connectivity index (χ4v) is 3.66. The van der Waals surface area contributed by atoms with Gasteiger partial charge in [0.25, 0.3) is 5.91 Å². The Morgan fingerprint density at radius 2 is 1.94 bits per heavy atom. The molecule has 0 spiro atoms. The number of hydrogen-bond donors (Lipinski definition) is 0. The summed E-state index contributed by atoms with van der Waals surface area (Å²) in [7, 11) is 0. The molecule has 1 aliphatic rings. The van der Waals surface area contributed by atoms with Crippen LogP contribution in [0.2, 0.25) is 0 Å². The topological polar surface area (TPSA) is 99.7 Å². The Hall–Kier alpha value is -3.51. The molecule has 2 aromatic carbocycles. The van der Waals surface area contributed by atoms with E-state index in [4.69, 9.17) is 10.00 Å². The van der Waals surface area contributed by atoms with E-state index in [9.17, 15) is 19.3 Å². The Labute approximate surface area is 179 Å². The number of carbonyl (C=O) groups is 1. The van der Waals surface area contributed by atoms with Gasteiger partial charge in [0.05, 0.1) is 16.6 Å². The highest BCUT2D eigenvalue weighted by Gasteiger charge is 2.32. The van der Waals surface area contributed by atoms with Gasteiger partial charge in [0.1, 0.15) is 5.82 Å². The van der Waals surface area contributed by atoms with Crippen molar-refractivity contribution in [3.63, 3.8) is 0 Å². The van der Waals surface area contributed by atoms with Gasteiger partial charge in [0.15, 0.2) is 12.4 Å². The second-order valence-corrected chi connectivity index (χ2v) is 7.64. The third kappa shape index (κ3) is 5.35. The number of halogens is 1. The summed E-state index contributed by atoms with van der Waals surface area (Å²) in [5.74, 6) is -0.587. The van der Waals surface area contributed by atoms with Crippen LogP contribution in [0.25, 0.3) is 0 Å². The maximum atomic E-state index is 13.1. The van der Waals surface area contributed by atoms with E-state index in [1.165, 1.54) is 24.3 Å². The summed E-state index contributed by atoms with van der Waals surface area (Å²) < 4.78 is 18.6. The van der Waals surface area contributed by atoms with E-state index >= 15 is 0 Å². The minimum absolute atomic E-state index is 0.0482. The molecule has 0 saturated carbocycles. The Morgan fingerprint density at radius 1 is 1.23 bits per heavy atom. The minimum atomic E-state index is -0.639. The first-order valence-corrected chi connectivity index (χ1v) is 9.87. The summed E-state index contributed by atoms with van der Waals surface area (Å²) in [5.41, 5.74) is 0.791. The van der Waals surface area contributed by atoms with Gasteiger partial charge >= 0.3 is 5.69 Å². The monoisotopic (exact) mass is 426 g/mol. The first kappa shape index (κ1) is 22.2. The maximum absolute atomic E-state index is 13.1. The molecule has 31 heavy (non-hydrogen) atoms. The molecule has 2 unspecified atom stereocenters. The molecule has 0 aliphatic carbocycles. The third-order valence-corrected chi connectivity index (χ3v) is 5.37. The SMILES string of the molecule is CC1CN(C(=O)COc2ccc(C#N)cc2[N+](=O)[O-])C(C)CN1Cc1ccc(F)cc1. The van der Waals surface area contributed by atoms with Crippen molar-refractivity contribution in [3.8, 4) is 11.8 Å². The normalized spacial score (nSPS) is 19.0. The Morgan fingerprint density at radius 3 is 2.58 bits per heavy atom. The van der Waals surface area contributed by atoms with Crippen molar-refractivity contribution in [1.29, 1.82) is 5.26 Å². The van der Waals surface area contributed by atoms with Gasteiger partial charge in [-0.15, -0.1) is 0 Å². The van der Waals surface area contributed by atoms with Crippen molar-refractivity contribution in [2.45, 2.75) is 32.5 Å². The van der Waals surface area contributed by atoms with E-state index in [2.05, 4.69) is 4.90 Å². The summed E-state index contributed by atoms with van der Waals surface area (Å²) in [6.07, 6.45) is 0.